The third-order valence-corrected chi connectivity index (χ3v) is 4.70. The summed E-state index contributed by atoms with van der Waals surface area (Å²) in [5.41, 5.74) is 5.78. The van der Waals surface area contributed by atoms with Gasteiger partial charge >= 0.3 is 0 Å². The standard InChI is InChI=1S/C23H21N5/c1-2-5-20-14-23(28-22(27-20)12-13-26-28)25-16-17-8-10-18(11-9-17)21-7-4-3-6-19(21)15-24/h3-4,6-14,25H,2,5,16H2,1H3. The summed E-state index contributed by atoms with van der Waals surface area (Å²) < 4.78 is 1.83. The molecule has 0 fully saturated rings. The van der Waals surface area contributed by atoms with Gasteiger partial charge in [-0.1, -0.05) is 55.8 Å². The number of hydrogen-bond donors (Lipinski definition) is 1. The molecule has 2 heterocycles. The van der Waals surface area contributed by atoms with Crippen LogP contribution in [-0.2, 0) is 13.0 Å². The minimum absolute atomic E-state index is 0.685. The van der Waals surface area contributed by atoms with Crippen LogP contribution in [0.3, 0.4) is 0 Å². The molecule has 2 aromatic heterocycles. The summed E-state index contributed by atoms with van der Waals surface area (Å²) in [5.74, 6) is 0.942. The number of hydrogen-bond acceptors (Lipinski definition) is 4. The summed E-state index contributed by atoms with van der Waals surface area (Å²) in [6.07, 6.45) is 3.77. The molecule has 1 N–H and O–H groups in total. The van der Waals surface area contributed by atoms with Crippen LogP contribution in [0.15, 0.2) is 66.9 Å². The number of aromatic nitrogens is 3. The minimum atomic E-state index is 0.685. The Bertz CT molecular complexity index is 1140. The molecule has 0 amide bonds. The maximum atomic E-state index is 9.30. The highest BCUT2D eigenvalue weighted by atomic mass is 15.3. The number of nitrogens with zero attached hydrogens (tertiary/aromatic N) is 4. The second-order valence-corrected chi connectivity index (χ2v) is 6.69. The van der Waals surface area contributed by atoms with Crippen LogP contribution in [-0.4, -0.2) is 14.6 Å². The molecule has 28 heavy (non-hydrogen) atoms. The lowest BCUT2D eigenvalue weighted by Crippen LogP contribution is -2.07. The maximum Gasteiger partial charge on any atom is 0.157 e. The van der Waals surface area contributed by atoms with Gasteiger partial charge in [0.2, 0.25) is 0 Å². The number of benzene rings is 2. The maximum absolute atomic E-state index is 9.30. The second-order valence-electron chi connectivity index (χ2n) is 6.69. The Morgan fingerprint density at radius 3 is 2.68 bits per heavy atom. The predicted molar refractivity (Wildman–Crippen MR) is 111 cm³/mol. The Balaban J connectivity index is 1.54. The Labute approximate surface area is 164 Å². The first kappa shape index (κ1) is 17.7. The van der Waals surface area contributed by atoms with Crippen LogP contribution in [0.25, 0.3) is 16.8 Å². The van der Waals surface area contributed by atoms with Gasteiger partial charge in [0.25, 0.3) is 0 Å². The van der Waals surface area contributed by atoms with Crippen molar-refractivity contribution in [3.8, 4) is 17.2 Å². The topological polar surface area (TPSA) is 66.0 Å². The van der Waals surface area contributed by atoms with Crippen LogP contribution in [0, 0.1) is 11.3 Å². The zero-order chi connectivity index (χ0) is 19.3. The lowest BCUT2D eigenvalue weighted by molar-refractivity contribution is 0.856. The van der Waals surface area contributed by atoms with E-state index in [2.05, 4.69) is 58.7 Å². The van der Waals surface area contributed by atoms with Crippen molar-refractivity contribution in [2.45, 2.75) is 26.3 Å². The van der Waals surface area contributed by atoms with Gasteiger partial charge < -0.3 is 5.32 Å². The van der Waals surface area contributed by atoms with Gasteiger partial charge in [-0.05, 0) is 29.2 Å². The molecule has 4 rings (SSSR count). The molecule has 138 valence electrons. The van der Waals surface area contributed by atoms with E-state index in [4.69, 9.17) is 0 Å². The summed E-state index contributed by atoms with van der Waals surface area (Å²) >= 11 is 0. The van der Waals surface area contributed by atoms with Gasteiger partial charge in [0, 0.05) is 24.4 Å². The number of anilines is 1. The van der Waals surface area contributed by atoms with Gasteiger partial charge in [0.05, 0.1) is 17.8 Å². The van der Waals surface area contributed by atoms with Crippen molar-refractivity contribution in [2.24, 2.45) is 0 Å². The molecule has 0 saturated heterocycles. The lowest BCUT2D eigenvalue weighted by atomic mass is 9.99. The smallest absolute Gasteiger partial charge is 0.157 e. The van der Waals surface area contributed by atoms with Gasteiger partial charge in [-0.15, -0.1) is 0 Å². The van der Waals surface area contributed by atoms with Crippen molar-refractivity contribution in [2.75, 3.05) is 5.32 Å². The average molecular weight is 367 g/mol. The van der Waals surface area contributed by atoms with Crippen molar-refractivity contribution in [3.05, 3.63) is 83.7 Å². The number of fused-ring (bicyclic) bond motifs is 1. The van der Waals surface area contributed by atoms with Gasteiger partial charge in [-0.25, -0.2) is 4.98 Å². The molecule has 0 spiro atoms. The van der Waals surface area contributed by atoms with Crippen LogP contribution in [0.5, 0.6) is 0 Å². The van der Waals surface area contributed by atoms with Crippen molar-refractivity contribution in [3.63, 3.8) is 0 Å². The molecule has 0 radical (unpaired) electrons. The van der Waals surface area contributed by atoms with Crippen molar-refractivity contribution >= 4 is 11.5 Å². The van der Waals surface area contributed by atoms with Gasteiger partial charge in [-0.3, -0.25) is 0 Å². The van der Waals surface area contributed by atoms with E-state index in [0.29, 0.717) is 12.1 Å². The first-order chi connectivity index (χ1) is 13.8. The van der Waals surface area contributed by atoms with E-state index in [0.717, 1.165) is 46.7 Å². The Hall–Kier alpha value is -3.65. The molecular weight excluding hydrogens is 346 g/mol. The van der Waals surface area contributed by atoms with Crippen LogP contribution in [0.2, 0.25) is 0 Å². The monoisotopic (exact) mass is 367 g/mol. The largest absolute Gasteiger partial charge is 0.366 e. The van der Waals surface area contributed by atoms with E-state index >= 15 is 0 Å². The quantitative estimate of drug-likeness (QED) is 0.530. The molecule has 0 atom stereocenters. The molecule has 0 bridgehead atoms. The van der Waals surface area contributed by atoms with Crippen LogP contribution in [0.1, 0.15) is 30.2 Å². The number of nitrogens with one attached hydrogen (secondary N) is 1. The first-order valence-corrected chi connectivity index (χ1v) is 9.44. The highest BCUT2D eigenvalue weighted by Gasteiger charge is 2.07. The molecule has 0 aliphatic heterocycles. The molecule has 4 aromatic rings. The summed E-state index contributed by atoms with van der Waals surface area (Å²) in [4.78, 5) is 4.64. The van der Waals surface area contributed by atoms with E-state index in [-0.39, 0.29) is 0 Å². The van der Waals surface area contributed by atoms with E-state index < -0.39 is 0 Å². The lowest BCUT2D eigenvalue weighted by Gasteiger charge is -2.11. The van der Waals surface area contributed by atoms with Crippen LogP contribution >= 0.6 is 0 Å². The van der Waals surface area contributed by atoms with Crippen LogP contribution < -0.4 is 5.32 Å². The second kappa shape index (κ2) is 7.93. The van der Waals surface area contributed by atoms with Gasteiger partial charge in [0.1, 0.15) is 5.82 Å². The minimum Gasteiger partial charge on any atom is -0.366 e. The third kappa shape index (κ3) is 3.58. The normalized spacial score (nSPS) is 10.7. The Kier molecular flexibility index (Phi) is 5.03. The fourth-order valence-corrected chi connectivity index (χ4v) is 3.30. The fraction of sp³-hybridized carbons (Fsp3) is 0.174. The molecule has 5 heteroatoms. The number of rotatable bonds is 6. The molecule has 0 aliphatic rings. The third-order valence-electron chi connectivity index (χ3n) is 4.70. The van der Waals surface area contributed by atoms with Crippen molar-refractivity contribution < 1.29 is 0 Å². The van der Waals surface area contributed by atoms with Gasteiger partial charge in [0.15, 0.2) is 5.65 Å². The summed E-state index contributed by atoms with van der Waals surface area (Å²) in [7, 11) is 0. The summed E-state index contributed by atoms with van der Waals surface area (Å²) in [6, 6.07) is 22.2. The fourth-order valence-electron chi connectivity index (χ4n) is 3.30. The molecule has 0 aliphatic carbocycles. The van der Waals surface area contributed by atoms with E-state index in [9.17, 15) is 5.26 Å². The molecule has 5 nitrogen and oxygen atoms in total. The Morgan fingerprint density at radius 2 is 1.89 bits per heavy atom. The van der Waals surface area contributed by atoms with E-state index in [1.54, 1.807) is 6.20 Å². The molecule has 0 unspecified atom stereocenters. The first-order valence-electron chi connectivity index (χ1n) is 9.44. The van der Waals surface area contributed by atoms with Crippen molar-refractivity contribution in [1.82, 2.24) is 14.6 Å². The zero-order valence-electron chi connectivity index (χ0n) is 15.8. The molecule has 2 aromatic carbocycles. The zero-order valence-corrected chi connectivity index (χ0v) is 15.8. The summed E-state index contributed by atoms with van der Waals surface area (Å²) in [5, 5.41) is 17.1. The van der Waals surface area contributed by atoms with E-state index in [1.165, 1.54) is 0 Å². The van der Waals surface area contributed by atoms with Crippen molar-refractivity contribution in [1.29, 1.82) is 5.26 Å². The average Bonchev–Trinajstić information content (AvgIpc) is 3.21. The molecular formula is C23H21N5. The number of nitriles is 1. The highest BCUT2D eigenvalue weighted by Crippen LogP contribution is 2.24. The Morgan fingerprint density at radius 1 is 1.07 bits per heavy atom. The van der Waals surface area contributed by atoms with Crippen LogP contribution in [0.4, 0.5) is 5.82 Å². The van der Waals surface area contributed by atoms with Gasteiger partial charge in [-0.2, -0.15) is 14.9 Å². The molecule has 0 saturated carbocycles. The number of aryl methyl sites for hydroxylation is 1. The highest BCUT2D eigenvalue weighted by molar-refractivity contribution is 5.70. The summed E-state index contributed by atoms with van der Waals surface area (Å²) in [6.45, 7) is 2.84. The SMILES string of the molecule is CCCc1cc(NCc2ccc(-c3ccccc3C#N)cc2)n2nccc2n1. The van der Waals surface area contributed by atoms with E-state index in [1.807, 2.05) is 34.8 Å². The predicted octanol–water partition coefficient (Wildman–Crippen LogP) is 4.83.